The minimum atomic E-state index is -0.221. The number of fused-ring (bicyclic) bond motifs is 3. The van der Waals surface area contributed by atoms with Gasteiger partial charge in [-0.05, 0) is 53.8 Å². The van der Waals surface area contributed by atoms with Crippen LogP contribution in [-0.4, -0.2) is 26.0 Å². The Morgan fingerprint density at radius 1 is 1.00 bits per heavy atom. The molecule has 5 nitrogen and oxygen atoms in total. The van der Waals surface area contributed by atoms with Gasteiger partial charge in [-0.25, -0.2) is 0 Å². The van der Waals surface area contributed by atoms with Crippen LogP contribution in [-0.2, 0) is 12.8 Å². The maximum Gasteiger partial charge on any atom is 0.265 e. The lowest BCUT2D eigenvalue weighted by Crippen LogP contribution is -2.18. The van der Waals surface area contributed by atoms with Gasteiger partial charge in [-0.15, -0.1) is 11.3 Å². The molecule has 142 valence electrons. The number of rotatable bonds is 4. The van der Waals surface area contributed by atoms with Gasteiger partial charge in [0.25, 0.3) is 11.8 Å². The number of carbonyl (C=O) groups excluding carboxylic acids is 2. The van der Waals surface area contributed by atoms with Crippen LogP contribution in [0.1, 0.15) is 31.2 Å². The molecule has 0 radical (unpaired) electrons. The van der Waals surface area contributed by atoms with Crippen LogP contribution in [0.2, 0.25) is 0 Å². The highest BCUT2D eigenvalue weighted by atomic mass is 32.1. The van der Waals surface area contributed by atoms with Gasteiger partial charge in [-0.2, -0.15) is 0 Å². The summed E-state index contributed by atoms with van der Waals surface area (Å²) < 4.78 is 5.34. The number of hydrogen-bond donors (Lipinski definition) is 2. The molecule has 1 aromatic heterocycles. The zero-order valence-corrected chi connectivity index (χ0v) is 16.5. The summed E-state index contributed by atoms with van der Waals surface area (Å²) in [7, 11) is 3.10. The zero-order chi connectivity index (χ0) is 19.7. The van der Waals surface area contributed by atoms with Crippen molar-refractivity contribution in [3.05, 3.63) is 70.1 Å². The third kappa shape index (κ3) is 3.27. The van der Waals surface area contributed by atoms with Crippen LogP contribution in [0.25, 0.3) is 10.4 Å². The molecule has 3 aromatic rings. The predicted octanol–water partition coefficient (Wildman–Crippen LogP) is 4.13. The summed E-state index contributed by atoms with van der Waals surface area (Å²) in [5, 5.41) is 5.48. The van der Waals surface area contributed by atoms with Crippen LogP contribution in [0, 0.1) is 0 Å². The molecule has 1 aliphatic rings. The molecule has 2 aromatic carbocycles. The number of amides is 2. The lowest BCUT2D eigenvalue weighted by atomic mass is 9.91. The number of aryl methyl sites for hydroxylation is 2. The number of carbonyl (C=O) groups is 2. The van der Waals surface area contributed by atoms with Gasteiger partial charge in [0.1, 0.15) is 5.75 Å². The molecular weight excluding hydrogens is 372 g/mol. The quantitative estimate of drug-likeness (QED) is 0.701. The van der Waals surface area contributed by atoms with Gasteiger partial charge in [-0.3, -0.25) is 9.59 Å². The molecule has 0 saturated heterocycles. The molecule has 1 aliphatic carbocycles. The first kappa shape index (κ1) is 18.3. The molecule has 0 saturated carbocycles. The van der Waals surface area contributed by atoms with Crippen molar-refractivity contribution in [1.29, 1.82) is 0 Å². The average molecular weight is 392 g/mol. The second-order valence-corrected chi connectivity index (χ2v) is 7.62. The van der Waals surface area contributed by atoms with E-state index in [2.05, 4.69) is 28.8 Å². The summed E-state index contributed by atoms with van der Waals surface area (Å²) in [6, 6.07) is 15.3. The highest BCUT2D eigenvalue weighted by Gasteiger charge is 2.22. The van der Waals surface area contributed by atoms with Crippen molar-refractivity contribution in [3.8, 4) is 16.2 Å². The summed E-state index contributed by atoms with van der Waals surface area (Å²) in [4.78, 5) is 26.6. The number of anilines is 1. The molecule has 0 fully saturated rings. The Bertz CT molecular complexity index is 1070. The number of hydrogen-bond acceptors (Lipinski definition) is 4. The fourth-order valence-corrected chi connectivity index (χ4v) is 4.62. The summed E-state index contributed by atoms with van der Waals surface area (Å²) in [5.41, 5.74) is 4.68. The van der Waals surface area contributed by atoms with E-state index in [1.54, 1.807) is 25.2 Å². The topological polar surface area (TPSA) is 67.4 Å². The van der Waals surface area contributed by atoms with Crippen molar-refractivity contribution < 1.29 is 14.3 Å². The molecule has 2 N–H and O–H groups in total. The Labute approximate surface area is 167 Å². The number of ether oxygens (including phenoxy) is 1. The van der Waals surface area contributed by atoms with Crippen molar-refractivity contribution >= 4 is 28.8 Å². The average Bonchev–Trinajstić information content (AvgIpc) is 3.18. The van der Waals surface area contributed by atoms with Crippen molar-refractivity contribution in [2.75, 3.05) is 19.5 Å². The van der Waals surface area contributed by atoms with Crippen LogP contribution >= 0.6 is 11.3 Å². The van der Waals surface area contributed by atoms with Gasteiger partial charge < -0.3 is 15.4 Å². The van der Waals surface area contributed by atoms with Gasteiger partial charge in [0, 0.05) is 17.5 Å². The Morgan fingerprint density at radius 2 is 1.79 bits per heavy atom. The fraction of sp³-hybridized carbons (Fsp3) is 0.182. The van der Waals surface area contributed by atoms with Crippen LogP contribution in [0.3, 0.4) is 0 Å². The van der Waals surface area contributed by atoms with E-state index < -0.39 is 0 Å². The van der Waals surface area contributed by atoms with Crippen LogP contribution < -0.4 is 15.4 Å². The van der Waals surface area contributed by atoms with Crippen molar-refractivity contribution in [3.63, 3.8) is 0 Å². The third-order valence-electron chi connectivity index (χ3n) is 4.90. The Morgan fingerprint density at radius 3 is 2.57 bits per heavy atom. The van der Waals surface area contributed by atoms with Gasteiger partial charge >= 0.3 is 0 Å². The van der Waals surface area contributed by atoms with E-state index >= 15 is 0 Å². The Kier molecular flexibility index (Phi) is 4.88. The number of methoxy groups -OCH3 is 1. The fourth-order valence-electron chi connectivity index (χ4n) is 3.46. The van der Waals surface area contributed by atoms with E-state index in [9.17, 15) is 9.59 Å². The summed E-state index contributed by atoms with van der Waals surface area (Å²) in [5.74, 6) is 0.0817. The van der Waals surface area contributed by atoms with Crippen LogP contribution in [0.15, 0.2) is 48.5 Å². The highest BCUT2D eigenvalue weighted by molar-refractivity contribution is 7.17. The minimum absolute atomic E-state index is 0.204. The first-order valence-electron chi connectivity index (χ1n) is 9.03. The molecule has 4 rings (SSSR count). The monoisotopic (exact) mass is 392 g/mol. The lowest BCUT2D eigenvalue weighted by molar-refractivity contribution is 0.0961. The number of thiophene rings is 1. The van der Waals surface area contributed by atoms with Crippen molar-refractivity contribution in [1.82, 2.24) is 5.32 Å². The summed E-state index contributed by atoms with van der Waals surface area (Å²) >= 11 is 1.50. The molecule has 0 aliphatic heterocycles. The van der Waals surface area contributed by atoms with Crippen LogP contribution in [0.4, 0.5) is 5.69 Å². The molecule has 2 amide bonds. The van der Waals surface area contributed by atoms with Crippen molar-refractivity contribution in [2.24, 2.45) is 0 Å². The lowest BCUT2D eigenvalue weighted by Gasteiger charge is -2.15. The minimum Gasteiger partial charge on any atom is -0.495 e. The first-order valence-corrected chi connectivity index (χ1v) is 9.85. The Hall–Kier alpha value is -3.12. The zero-order valence-electron chi connectivity index (χ0n) is 15.7. The normalized spacial score (nSPS) is 11.9. The van der Waals surface area contributed by atoms with Crippen molar-refractivity contribution in [2.45, 2.75) is 12.8 Å². The van der Waals surface area contributed by atoms with E-state index in [0.717, 1.165) is 17.7 Å². The predicted molar refractivity (Wildman–Crippen MR) is 112 cm³/mol. The smallest absolute Gasteiger partial charge is 0.265 e. The first-order chi connectivity index (χ1) is 13.6. The molecule has 6 heteroatoms. The standard InChI is InChI=1S/C22H20N2O3S/c1-23-21(25)15-9-10-18(27-2)17(11-15)24-22(26)19-12-14-8-7-13-5-3-4-6-16(13)20(14)28-19/h3-6,9-12H,7-8H2,1-2H3,(H,23,25)(H,24,26). The van der Waals surface area contributed by atoms with Gasteiger partial charge in [0.15, 0.2) is 0 Å². The van der Waals surface area contributed by atoms with Gasteiger partial charge in [0.2, 0.25) is 0 Å². The van der Waals surface area contributed by atoms with E-state index in [4.69, 9.17) is 4.74 Å². The molecule has 28 heavy (non-hydrogen) atoms. The second kappa shape index (κ2) is 7.48. The third-order valence-corrected chi connectivity index (χ3v) is 6.10. The maximum absolute atomic E-state index is 12.9. The number of benzene rings is 2. The maximum atomic E-state index is 12.9. The van der Waals surface area contributed by atoms with E-state index in [1.807, 2.05) is 12.1 Å². The summed E-state index contributed by atoms with van der Waals surface area (Å²) in [6.45, 7) is 0. The van der Waals surface area contributed by atoms with E-state index in [-0.39, 0.29) is 11.8 Å². The molecule has 1 heterocycles. The van der Waals surface area contributed by atoms with Gasteiger partial charge in [-0.1, -0.05) is 24.3 Å². The second-order valence-electron chi connectivity index (χ2n) is 6.57. The largest absolute Gasteiger partial charge is 0.495 e. The molecular formula is C22H20N2O3S. The SMILES string of the molecule is CNC(=O)c1ccc(OC)c(NC(=O)c2cc3c(s2)-c2ccccc2CC3)c1. The molecule has 0 bridgehead atoms. The molecule has 0 spiro atoms. The summed E-state index contributed by atoms with van der Waals surface area (Å²) in [6.07, 6.45) is 1.93. The van der Waals surface area contributed by atoms with Crippen LogP contribution in [0.5, 0.6) is 5.75 Å². The van der Waals surface area contributed by atoms with E-state index in [1.165, 1.54) is 35.1 Å². The number of nitrogens with one attached hydrogen (secondary N) is 2. The molecule has 0 atom stereocenters. The van der Waals surface area contributed by atoms with E-state index in [0.29, 0.717) is 21.9 Å². The molecule has 0 unspecified atom stereocenters. The highest BCUT2D eigenvalue weighted by Crippen LogP contribution is 2.40. The Balaban J connectivity index is 1.64. The van der Waals surface area contributed by atoms with Gasteiger partial charge in [0.05, 0.1) is 17.7 Å².